The van der Waals surface area contributed by atoms with Gasteiger partial charge in [0.15, 0.2) is 0 Å². The minimum absolute atomic E-state index is 0.0322. The van der Waals surface area contributed by atoms with Gasteiger partial charge in [0.2, 0.25) is 11.9 Å². The molecule has 0 saturated heterocycles. The first-order valence-corrected chi connectivity index (χ1v) is 9.62. The number of alkyl halides is 1. The minimum atomic E-state index is -1.03. The summed E-state index contributed by atoms with van der Waals surface area (Å²) in [6.07, 6.45) is 2.01. The molecule has 1 aromatic carbocycles. The number of carbonyl (C=O) groups excluding carboxylic acids is 1. The number of nitrogens with one attached hydrogen (secondary N) is 1. The summed E-state index contributed by atoms with van der Waals surface area (Å²) >= 11 is 0. The number of halogens is 3. The Morgan fingerprint density at radius 3 is 2.61 bits per heavy atom. The molecule has 160 valence electrons. The lowest BCUT2D eigenvalue weighted by Gasteiger charge is -2.43. The van der Waals surface area contributed by atoms with Gasteiger partial charge in [-0.05, 0) is 42.7 Å². The van der Waals surface area contributed by atoms with Crippen molar-refractivity contribution in [2.75, 3.05) is 11.9 Å². The van der Waals surface area contributed by atoms with Crippen LogP contribution in [0.2, 0.25) is 0 Å². The lowest BCUT2D eigenvalue weighted by molar-refractivity contribution is -0.117. The number of carbonyl (C=O) groups is 1. The maximum Gasteiger partial charge on any atom is 0.242 e. The number of benzene rings is 1. The van der Waals surface area contributed by atoms with Crippen molar-refractivity contribution in [1.29, 1.82) is 0 Å². The van der Waals surface area contributed by atoms with Crippen LogP contribution in [0.5, 0.6) is 0 Å². The molecule has 0 aliphatic heterocycles. The second-order valence-corrected chi connectivity index (χ2v) is 7.60. The molecule has 4 rings (SSSR count). The Kier molecular flexibility index (Phi) is 5.53. The van der Waals surface area contributed by atoms with E-state index in [9.17, 15) is 18.0 Å². The fourth-order valence-electron chi connectivity index (χ4n) is 3.79. The third-order valence-electron chi connectivity index (χ3n) is 5.32. The van der Waals surface area contributed by atoms with Gasteiger partial charge in [-0.25, -0.2) is 18.2 Å². The monoisotopic (exact) mass is 428 g/mol. The predicted molar refractivity (Wildman–Crippen MR) is 107 cm³/mol. The molecule has 1 saturated carbocycles. The number of amides is 1. The largest absolute Gasteiger partial charge is 0.369 e. The van der Waals surface area contributed by atoms with Gasteiger partial charge >= 0.3 is 0 Å². The van der Waals surface area contributed by atoms with Crippen molar-refractivity contribution in [2.24, 2.45) is 5.73 Å². The highest BCUT2D eigenvalue weighted by molar-refractivity contribution is 5.77. The summed E-state index contributed by atoms with van der Waals surface area (Å²) in [6.45, 7) is 0.171. The number of rotatable bonds is 7. The third-order valence-corrected chi connectivity index (χ3v) is 5.32. The van der Waals surface area contributed by atoms with Crippen LogP contribution >= 0.6 is 0 Å². The molecule has 3 aromatic rings. The number of nitrogens with zero attached hydrogens (tertiary/aromatic N) is 4. The zero-order valence-electron chi connectivity index (χ0n) is 16.4. The van der Waals surface area contributed by atoms with E-state index in [1.165, 1.54) is 42.7 Å². The Morgan fingerprint density at radius 2 is 1.97 bits per heavy atom. The van der Waals surface area contributed by atoms with Crippen molar-refractivity contribution in [3.8, 4) is 11.3 Å². The molecule has 0 unspecified atom stereocenters. The molecule has 10 heteroatoms. The summed E-state index contributed by atoms with van der Waals surface area (Å²) in [5.41, 5.74) is 5.43. The molecule has 31 heavy (non-hydrogen) atoms. The highest BCUT2D eigenvalue weighted by Crippen LogP contribution is 2.45. The van der Waals surface area contributed by atoms with E-state index in [1.807, 2.05) is 0 Å². The van der Waals surface area contributed by atoms with Crippen molar-refractivity contribution in [3.63, 3.8) is 0 Å². The van der Waals surface area contributed by atoms with Gasteiger partial charge in [0, 0.05) is 23.7 Å². The highest BCUT2D eigenvalue weighted by Gasteiger charge is 2.48. The van der Waals surface area contributed by atoms with Crippen molar-refractivity contribution >= 4 is 11.9 Å². The summed E-state index contributed by atoms with van der Waals surface area (Å²) in [5, 5.41) is 10.9. The number of aromatic nitrogens is 4. The molecule has 0 bridgehead atoms. The van der Waals surface area contributed by atoms with Crippen LogP contribution in [0.4, 0.5) is 19.1 Å². The molecule has 1 fully saturated rings. The third kappa shape index (κ3) is 4.32. The van der Waals surface area contributed by atoms with E-state index in [4.69, 9.17) is 5.73 Å². The van der Waals surface area contributed by atoms with E-state index in [-0.39, 0.29) is 48.7 Å². The maximum absolute atomic E-state index is 14.2. The maximum atomic E-state index is 14.2. The van der Waals surface area contributed by atoms with E-state index >= 15 is 0 Å². The van der Waals surface area contributed by atoms with Crippen LogP contribution in [0.25, 0.3) is 11.3 Å². The van der Waals surface area contributed by atoms with Gasteiger partial charge in [0.05, 0.1) is 18.3 Å². The van der Waals surface area contributed by atoms with Crippen molar-refractivity contribution in [1.82, 2.24) is 20.2 Å². The number of hydrogen-bond donors (Lipinski definition) is 2. The fourth-order valence-corrected chi connectivity index (χ4v) is 3.79. The van der Waals surface area contributed by atoms with Crippen molar-refractivity contribution < 1.29 is 18.0 Å². The van der Waals surface area contributed by atoms with Gasteiger partial charge < -0.3 is 11.1 Å². The van der Waals surface area contributed by atoms with E-state index in [1.54, 1.807) is 0 Å². The summed E-state index contributed by atoms with van der Waals surface area (Å²) < 4.78 is 42.1. The van der Waals surface area contributed by atoms with Crippen LogP contribution in [0, 0.1) is 11.6 Å². The van der Waals surface area contributed by atoms with Gasteiger partial charge in [-0.1, -0.05) is 6.07 Å². The van der Waals surface area contributed by atoms with Crippen molar-refractivity contribution in [2.45, 2.75) is 30.8 Å². The zero-order valence-corrected chi connectivity index (χ0v) is 16.4. The molecule has 0 spiro atoms. The average molecular weight is 428 g/mol. The van der Waals surface area contributed by atoms with Gasteiger partial charge in [-0.3, -0.25) is 9.78 Å². The van der Waals surface area contributed by atoms with Crippen LogP contribution in [0.15, 0.2) is 42.7 Å². The Hall–Kier alpha value is -3.56. The average Bonchev–Trinajstić information content (AvgIpc) is 2.72. The first-order chi connectivity index (χ1) is 14.9. The predicted octanol–water partition coefficient (Wildman–Crippen LogP) is 2.72. The number of primary amides is 1. The molecular weight excluding hydrogens is 409 g/mol. The normalized spacial score (nSPS) is 20.2. The molecule has 1 amide bonds. The van der Waals surface area contributed by atoms with Crippen LogP contribution < -0.4 is 11.1 Å². The number of pyridine rings is 1. The van der Waals surface area contributed by atoms with E-state index < -0.39 is 29.1 Å². The van der Waals surface area contributed by atoms with Gasteiger partial charge in [0.25, 0.3) is 0 Å². The molecular formula is C21H19F3N6O. The van der Waals surface area contributed by atoms with E-state index in [0.717, 1.165) is 0 Å². The minimum Gasteiger partial charge on any atom is -0.369 e. The zero-order chi connectivity index (χ0) is 22.0. The molecule has 0 radical (unpaired) electrons. The second kappa shape index (κ2) is 8.29. The Bertz CT molecular complexity index is 1100. The van der Waals surface area contributed by atoms with Gasteiger partial charge in [-0.2, -0.15) is 0 Å². The first-order valence-electron chi connectivity index (χ1n) is 9.62. The number of nitrogens with two attached hydrogens (primary N) is 1. The van der Waals surface area contributed by atoms with Gasteiger partial charge in [0.1, 0.15) is 23.5 Å². The topological polar surface area (TPSA) is 107 Å². The lowest BCUT2D eigenvalue weighted by Crippen LogP contribution is -2.49. The second-order valence-electron chi connectivity index (χ2n) is 7.60. The Morgan fingerprint density at radius 1 is 1.16 bits per heavy atom. The fraction of sp³-hybridized carbons (Fsp3) is 0.286. The lowest BCUT2D eigenvalue weighted by atomic mass is 9.65. The smallest absolute Gasteiger partial charge is 0.242 e. The molecule has 2 heterocycles. The molecule has 1 aliphatic carbocycles. The summed E-state index contributed by atoms with van der Waals surface area (Å²) in [5.74, 6) is -1.43. The quantitative estimate of drug-likeness (QED) is 0.599. The van der Waals surface area contributed by atoms with Crippen LogP contribution in [-0.2, 0) is 16.6 Å². The molecule has 0 atom stereocenters. The summed E-state index contributed by atoms with van der Waals surface area (Å²) in [6, 6.07) is 6.93. The molecule has 7 nitrogen and oxygen atoms in total. The first kappa shape index (κ1) is 20.7. The van der Waals surface area contributed by atoms with Crippen LogP contribution in [-0.4, -0.2) is 38.8 Å². The summed E-state index contributed by atoms with van der Waals surface area (Å²) in [4.78, 5) is 19.3. The standard InChI is InChI=1S/C21H19F3N6O/c22-13-8-21(9-13,19-16(24)2-1-5-26-19)11-28-20-27-10-17(29-30-20)14-6-12(7-18(25)31)3-4-15(14)23/h1-6,10,13H,7-9,11H2,(H2,25,31)(H,27,28,30). The van der Waals surface area contributed by atoms with Gasteiger partial charge in [-0.15, -0.1) is 10.2 Å². The Balaban J connectivity index is 1.50. The SMILES string of the molecule is NC(=O)Cc1ccc(F)c(-c2cnc(NCC3(c4ncccc4F)CC(F)C3)nn2)c1. The molecule has 1 aliphatic rings. The number of anilines is 1. The molecule has 2 aromatic heterocycles. The summed E-state index contributed by atoms with van der Waals surface area (Å²) in [7, 11) is 0. The van der Waals surface area contributed by atoms with Crippen LogP contribution in [0.1, 0.15) is 24.1 Å². The van der Waals surface area contributed by atoms with Crippen LogP contribution in [0.3, 0.4) is 0 Å². The highest BCUT2D eigenvalue weighted by atomic mass is 19.1. The molecule has 3 N–H and O–H groups in total. The van der Waals surface area contributed by atoms with Crippen molar-refractivity contribution in [3.05, 3.63) is 65.6 Å². The van der Waals surface area contributed by atoms with E-state index in [0.29, 0.717) is 5.56 Å². The van der Waals surface area contributed by atoms with E-state index in [2.05, 4.69) is 25.5 Å². The Labute approximate surface area is 175 Å². The number of hydrogen-bond acceptors (Lipinski definition) is 6.